The smallest absolute Gasteiger partial charge is 0.241 e. The number of benzene rings is 2. The molecule has 25 heavy (non-hydrogen) atoms. The fourth-order valence-electron chi connectivity index (χ4n) is 2.66. The Kier molecular flexibility index (Phi) is 4.07. The molecule has 0 spiro atoms. The molecule has 2 heterocycles. The Hall–Kier alpha value is -2.93. The minimum absolute atomic E-state index is 0.227. The van der Waals surface area contributed by atoms with Crippen molar-refractivity contribution in [3.8, 4) is 22.9 Å². The van der Waals surface area contributed by atoms with Crippen LogP contribution in [0.4, 0.5) is 4.39 Å². The Morgan fingerprint density at radius 3 is 2.68 bits per heavy atom. The molecule has 1 aromatic heterocycles. The SMILES string of the molecule is CN(Cc1ccc(F)cc1)Cc1nc(-c2ccc3c(c2)OCO3)no1. The van der Waals surface area contributed by atoms with E-state index in [4.69, 9.17) is 14.0 Å². The second kappa shape index (κ2) is 6.52. The quantitative estimate of drug-likeness (QED) is 0.710. The second-order valence-corrected chi connectivity index (χ2v) is 5.88. The highest BCUT2D eigenvalue weighted by Crippen LogP contribution is 2.35. The minimum Gasteiger partial charge on any atom is -0.454 e. The zero-order valence-electron chi connectivity index (χ0n) is 13.6. The van der Waals surface area contributed by atoms with Crippen LogP contribution in [0.3, 0.4) is 0 Å². The molecular formula is C18H16FN3O3. The van der Waals surface area contributed by atoms with E-state index in [2.05, 4.69) is 10.1 Å². The van der Waals surface area contributed by atoms with Gasteiger partial charge >= 0.3 is 0 Å². The van der Waals surface area contributed by atoms with Gasteiger partial charge in [0.25, 0.3) is 0 Å². The lowest BCUT2D eigenvalue weighted by molar-refractivity contribution is 0.174. The summed E-state index contributed by atoms with van der Waals surface area (Å²) >= 11 is 0. The fraction of sp³-hybridized carbons (Fsp3) is 0.222. The maximum absolute atomic E-state index is 13.0. The molecule has 128 valence electrons. The van der Waals surface area contributed by atoms with Crippen molar-refractivity contribution in [2.75, 3.05) is 13.8 Å². The van der Waals surface area contributed by atoms with E-state index in [-0.39, 0.29) is 12.6 Å². The van der Waals surface area contributed by atoms with Gasteiger partial charge in [0, 0.05) is 12.1 Å². The number of fused-ring (bicyclic) bond motifs is 1. The van der Waals surface area contributed by atoms with E-state index in [1.807, 2.05) is 30.1 Å². The molecule has 6 nitrogen and oxygen atoms in total. The van der Waals surface area contributed by atoms with Crippen molar-refractivity contribution < 1.29 is 18.4 Å². The van der Waals surface area contributed by atoms with Gasteiger partial charge in [-0.15, -0.1) is 0 Å². The van der Waals surface area contributed by atoms with Crippen LogP contribution in [0.1, 0.15) is 11.5 Å². The van der Waals surface area contributed by atoms with Crippen LogP contribution in [0.2, 0.25) is 0 Å². The molecule has 7 heteroatoms. The molecule has 0 unspecified atom stereocenters. The monoisotopic (exact) mass is 341 g/mol. The number of hydrogen-bond donors (Lipinski definition) is 0. The lowest BCUT2D eigenvalue weighted by Gasteiger charge is -2.13. The molecule has 4 rings (SSSR count). The van der Waals surface area contributed by atoms with Crippen molar-refractivity contribution >= 4 is 0 Å². The van der Waals surface area contributed by atoms with E-state index < -0.39 is 0 Å². The molecule has 2 aromatic carbocycles. The van der Waals surface area contributed by atoms with Crippen molar-refractivity contribution in [3.63, 3.8) is 0 Å². The van der Waals surface area contributed by atoms with E-state index in [9.17, 15) is 4.39 Å². The van der Waals surface area contributed by atoms with Gasteiger partial charge in [-0.1, -0.05) is 17.3 Å². The minimum atomic E-state index is -0.239. The van der Waals surface area contributed by atoms with Gasteiger partial charge in [-0.2, -0.15) is 4.98 Å². The Labute approximate surface area is 143 Å². The number of ether oxygens (including phenoxy) is 2. The van der Waals surface area contributed by atoms with Gasteiger partial charge < -0.3 is 14.0 Å². The molecular weight excluding hydrogens is 325 g/mol. The first-order valence-corrected chi connectivity index (χ1v) is 7.83. The molecule has 0 radical (unpaired) electrons. The maximum atomic E-state index is 13.0. The van der Waals surface area contributed by atoms with Crippen molar-refractivity contribution in [1.82, 2.24) is 15.0 Å². The number of hydrogen-bond acceptors (Lipinski definition) is 6. The van der Waals surface area contributed by atoms with Gasteiger partial charge in [-0.25, -0.2) is 4.39 Å². The summed E-state index contributed by atoms with van der Waals surface area (Å²) < 4.78 is 28.9. The Bertz CT molecular complexity index is 880. The van der Waals surface area contributed by atoms with Crippen LogP contribution in [-0.2, 0) is 13.1 Å². The number of nitrogens with zero attached hydrogens (tertiary/aromatic N) is 3. The lowest BCUT2D eigenvalue weighted by atomic mass is 10.2. The van der Waals surface area contributed by atoms with E-state index >= 15 is 0 Å². The third kappa shape index (κ3) is 3.46. The van der Waals surface area contributed by atoms with Gasteiger partial charge in [0.05, 0.1) is 6.54 Å². The molecule has 0 N–H and O–H groups in total. The summed E-state index contributed by atoms with van der Waals surface area (Å²) in [6.07, 6.45) is 0. The normalized spacial score (nSPS) is 12.8. The van der Waals surface area contributed by atoms with Gasteiger partial charge in [0.2, 0.25) is 18.5 Å². The molecule has 1 aliphatic heterocycles. The zero-order valence-corrected chi connectivity index (χ0v) is 13.6. The maximum Gasteiger partial charge on any atom is 0.241 e. The molecule has 0 amide bonds. The highest BCUT2D eigenvalue weighted by Gasteiger charge is 2.17. The summed E-state index contributed by atoms with van der Waals surface area (Å²) in [4.78, 5) is 6.44. The summed E-state index contributed by atoms with van der Waals surface area (Å²) in [5.74, 6) is 2.17. The summed E-state index contributed by atoms with van der Waals surface area (Å²) in [7, 11) is 1.94. The van der Waals surface area contributed by atoms with Crippen molar-refractivity contribution in [3.05, 3.63) is 59.7 Å². The van der Waals surface area contributed by atoms with Crippen LogP contribution in [0, 0.1) is 5.82 Å². The third-order valence-electron chi connectivity index (χ3n) is 3.87. The van der Waals surface area contributed by atoms with Crippen molar-refractivity contribution in [1.29, 1.82) is 0 Å². The first-order chi connectivity index (χ1) is 12.2. The van der Waals surface area contributed by atoms with Crippen LogP contribution < -0.4 is 9.47 Å². The predicted molar refractivity (Wildman–Crippen MR) is 87.4 cm³/mol. The number of halogens is 1. The predicted octanol–water partition coefficient (Wildman–Crippen LogP) is 3.24. The topological polar surface area (TPSA) is 60.6 Å². The standard InChI is InChI=1S/C18H16FN3O3/c1-22(9-12-2-5-14(19)6-3-12)10-17-20-18(21-25-17)13-4-7-15-16(8-13)24-11-23-15/h2-8H,9-11H2,1H3. The van der Waals surface area contributed by atoms with Gasteiger partial charge in [0.1, 0.15) is 5.82 Å². The van der Waals surface area contributed by atoms with E-state index in [0.29, 0.717) is 36.3 Å². The molecule has 0 atom stereocenters. The Balaban J connectivity index is 1.43. The van der Waals surface area contributed by atoms with Crippen molar-refractivity contribution in [2.24, 2.45) is 0 Å². The van der Waals surface area contributed by atoms with Crippen LogP contribution in [0.15, 0.2) is 47.0 Å². The zero-order chi connectivity index (χ0) is 17.2. The van der Waals surface area contributed by atoms with Crippen LogP contribution >= 0.6 is 0 Å². The lowest BCUT2D eigenvalue weighted by Crippen LogP contribution is -2.17. The Morgan fingerprint density at radius 2 is 1.84 bits per heavy atom. The molecule has 0 saturated carbocycles. The molecule has 0 saturated heterocycles. The van der Waals surface area contributed by atoms with Gasteiger partial charge in [0.15, 0.2) is 11.5 Å². The van der Waals surface area contributed by atoms with Crippen LogP contribution in [-0.4, -0.2) is 28.9 Å². The van der Waals surface area contributed by atoms with Crippen molar-refractivity contribution in [2.45, 2.75) is 13.1 Å². The van der Waals surface area contributed by atoms with E-state index in [0.717, 1.165) is 11.1 Å². The second-order valence-electron chi connectivity index (χ2n) is 5.88. The highest BCUT2D eigenvalue weighted by molar-refractivity contribution is 5.61. The molecule has 3 aromatic rings. The summed E-state index contributed by atoms with van der Waals surface area (Å²) in [5.41, 5.74) is 1.82. The summed E-state index contributed by atoms with van der Waals surface area (Å²) in [6.45, 7) is 1.38. The molecule has 1 aliphatic rings. The summed E-state index contributed by atoms with van der Waals surface area (Å²) in [6, 6.07) is 12.0. The number of aromatic nitrogens is 2. The van der Waals surface area contributed by atoms with Gasteiger partial charge in [-0.05, 0) is 42.9 Å². The average molecular weight is 341 g/mol. The average Bonchev–Trinajstić information content (AvgIpc) is 3.25. The summed E-state index contributed by atoms with van der Waals surface area (Å²) in [5, 5.41) is 4.02. The largest absolute Gasteiger partial charge is 0.454 e. The fourth-order valence-corrected chi connectivity index (χ4v) is 2.66. The van der Waals surface area contributed by atoms with Gasteiger partial charge in [-0.3, -0.25) is 4.90 Å². The number of rotatable bonds is 5. The first-order valence-electron chi connectivity index (χ1n) is 7.83. The Morgan fingerprint density at radius 1 is 1.04 bits per heavy atom. The third-order valence-corrected chi connectivity index (χ3v) is 3.87. The first kappa shape index (κ1) is 15.6. The van der Waals surface area contributed by atoms with Crippen LogP contribution in [0.25, 0.3) is 11.4 Å². The highest BCUT2D eigenvalue weighted by atomic mass is 19.1. The molecule has 0 aliphatic carbocycles. The van der Waals surface area contributed by atoms with E-state index in [1.165, 1.54) is 12.1 Å². The van der Waals surface area contributed by atoms with E-state index in [1.54, 1.807) is 12.1 Å². The van der Waals surface area contributed by atoms with Crippen LogP contribution in [0.5, 0.6) is 11.5 Å². The molecule has 0 bridgehead atoms. The molecule has 0 fully saturated rings.